The number of benzene rings is 1. The van der Waals surface area contributed by atoms with Gasteiger partial charge in [0.2, 0.25) is 0 Å². The number of hydrogen-bond donors (Lipinski definition) is 1. The summed E-state index contributed by atoms with van der Waals surface area (Å²) in [6, 6.07) is 9.20. The Labute approximate surface area is 93.8 Å². The zero-order valence-corrected chi connectivity index (χ0v) is 8.81. The summed E-state index contributed by atoms with van der Waals surface area (Å²) in [6.45, 7) is 6.87. The van der Waals surface area contributed by atoms with Crippen LogP contribution in [0, 0.1) is 6.57 Å². The molecule has 0 saturated heterocycles. The van der Waals surface area contributed by atoms with Gasteiger partial charge in [-0.15, -0.1) is 0 Å². The summed E-state index contributed by atoms with van der Waals surface area (Å²) in [5.74, 6) is 0.777. The molecule has 2 rings (SSSR count). The highest BCUT2D eigenvalue weighted by molar-refractivity contribution is 5.64. The van der Waals surface area contributed by atoms with Crippen LogP contribution in [0.15, 0.2) is 36.7 Å². The molecule has 0 spiro atoms. The molecule has 2 aromatic rings. The highest BCUT2D eigenvalue weighted by Gasteiger charge is 2.00. The molecule has 4 heteroatoms. The SMILES string of the molecule is [C-]#[N+]c1ccc(-c2cc(NC)ncn2)cc1. The van der Waals surface area contributed by atoms with Crippen LogP contribution in [-0.2, 0) is 0 Å². The van der Waals surface area contributed by atoms with E-state index in [2.05, 4.69) is 20.1 Å². The Morgan fingerprint density at radius 3 is 2.56 bits per heavy atom. The second-order valence-corrected chi connectivity index (χ2v) is 3.20. The Morgan fingerprint density at radius 1 is 1.19 bits per heavy atom. The first kappa shape index (κ1) is 10.1. The molecule has 0 bridgehead atoms. The number of rotatable bonds is 2. The molecule has 1 heterocycles. The maximum Gasteiger partial charge on any atom is 0.187 e. The van der Waals surface area contributed by atoms with Crippen LogP contribution in [-0.4, -0.2) is 17.0 Å². The smallest absolute Gasteiger partial charge is 0.187 e. The first-order chi connectivity index (χ1) is 7.83. The van der Waals surface area contributed by atoms with E-state index in [9.17, 15) is 0 Å². The summed E-state index contributed by atoms with van der Waals surface area (Å²) in [7, 11) is 1.81. The van der Waals surface area contributed by atoms with Gasteiger partial charge in [0.25, 0.3) is 0 Å². The quantitative estimate of drug-likeness (QED) is 0.775. The Morgan fingerprint density at radius 2 is 1.94 bits per heavy atom. The zero-order chi connectivity index (χ0) is 11.4. The molecular formula is C12H10N4. The minimum Gasteiger partial charge on any atom is -0.373 e. The highest BCUT2D eigenvalue weighted by Crippen LogP contribution is 2.21. The van der Waals surface area contributed by atoms with Crippen LogP contribution in [0.5, 0.6) is 0 Å². The number of aromatic nitrogens is 2. The topological polar surface area (TPSA) is 42.2 Å². The Balaban J connectivity index is 2.39. The van der Waals surface area contributed by atoms with Crippen LogP contribution >= 0.6 is 0 Å². The van der Waals surface area contributed by atoms with Crippen LogP contribution in [0.2, 0.25) is 0 Å². The molecule has 0 saturated carbocycles. The van der Waals surface area contributed by atoms with Gasteiger partial charge in [-0.3, -0.25) is 0 Å². The summed E-state index contributed by atoms with van der Waals surface area (Å²) in [4.78, 5) is 11.6. The van der Waals surface area contributed by atoms with Gasteiger partial charge in [0.15, 0.2) is 5.69 Å². The molecule has 1 N–H and O–H groups in total. The van der Waals surface area contributed by atoms with E-state index >= 15 is 0 Å². The van der Waals surface area contributed by atoms with E-state index in [1.165, 1.54) is 6.33 Å². The molecule has 0 radical (unpaired) electrons. The van der Waals surface area contributed by atoms with Crippen molar-refractivity contribution in [1.29, 1.82) is 0 Å². The normalized spacial score (nSPS) is 9.50. The van der Waals surface area contributed by atoms with Crippen molar-refractivity contribution >= 4 is 11.5 Å². The van der Waals surface area contributed by atoms with Crippen LogP contribution in [0.25, 0.3) is 16.1 Å². The van der Waals surface area contributed by atoms with Crippen molar-refractivity contribution in [2.24, 2.45) is 0 Å². The first-order valence-electron chi connectivity index (χ1n) is 4.81. The van der Waals surface area contributed by atoms with E-state index < -0.39 is 0 Å². The fraction of sp³-hybridized carbons (Fsp3) is 0.0833. The predicted molar refractivity (Wildman–Crippen MR) is 63.3 cm³/mol. The van der Waals surface area contributed by atoms with E-state index in [4.69, 9.17) is 6.57 Å². The Kier molecular flexibility index (Phi) is 2.79. The average Bonchev–Trinajstić information content (AvgIpc) is 2.39. The van der Waals surface area contributed by atoms with E-state index in [0.717, 1.165) is 17.1 Å². The van der Waals surface area contributed by atoms with Gasteiger partial charge in [-0.2, -0.15) is 0 Å². The summed E-state index contributed by atoms with van der Waals surface area (Å²) in [5.41, 5.74) is 2.45. The maximum atomic E-state index is 6.87. The molecule has 0 aliphatic heterocycles. The van der Waals surface area contributed by atoms with E-state index in [-0.39, 0.29) is 0 Å². The third-order valence-electron chi connectivity index (χ3n) is 2.22. The summed E-state index contributed by atoms with van der Waals surface area (Å²) >= 11 is 0. The number of nitrogens with zero attached hydrogens (tertiary/aromatic N) is 3. The molecule has 78 valence electrons. The van der Waals surface area contributed by atoms with Gasteiger partial charge in [-0.05, 0) is 5.56 Å². The zero-order valence-electron chi connectivity index (χ0n) is 8.81. The van der Waals surface area contributed by atoms with Crippen molar-refractivity contribution < 1.29 is 0 Å². The third kappa shape index (κ3) is 1.98. The lowest BCUT2D eigenvalue weighted by Gasteiger charge is -2.03. The van der Waals surface area contributed by atoms with Crippen LogP contribution in [0.3, 0.4) is 0 Å². The molecular weight excluding hydrogens is 200 g/mol. The lowest BCUT2D eigenvalue weighted by atomic mass is 10.1. The molecule has 1 aromatic carbocycles. The predicted octanol–water partition coefficient (Wildman–Crippen LogP) is 2.74. The van der Waals surface area contributed by atoms with E-state index in [1.807, 2.05) is 25.2 Å². The molecule has 1 aromatic heterocycles. The molecule has 0 amide bonds. The van der Waals surface area contributed by atoms with Crippen LogP contribution < -0.4 is 5.32 Å². The molecule has 16 heavy (non-hydrogen) atoms. The minimum absolute atomic E-state index is 0.631. The van der Waals surface area contributed by atoms with E-state index in [1.54, 1.807) is 12.1 Å². The van der Waals surface area contributed by atoms with Crippen LogP contribution in [0.1, 0.15) is 0 Å². The van der Waals surface area contributed by atoms with Crippen molar-refractivity contribution in [3.63, 3.8) is 0 Å². The lowest BCUT2D eigenvalue weighted by molar-refractivity contribution is 1.16. The van der Waals surface area contributed by atoms with Crippen molar-refractivity contribution in [1.82, 2.24) is 9.97 Å². The number of anilines is 1. The first-order valence-corrected chi connectivity index (χ1v) is 4.81. The number of nitrogens with one attached hydrogen (secondary N) is 1. The molecule has 0 unspecified atom stereocenters. The van der Waals surface area contributed by atoms with Crippen molar-refractivity contribution in [2.45, 2.75) is 0 Å². The second-order valence-electron chi connectivity index (χ2n) is 3.20. The van der Waals surface area contributed by atoms with Gasteiger partial charge < -0.3 is 5.32 Å². The average molecular weight is 210 g/mol. The van der Waals surface area contributed by atoms with E-state index in [0.29, 0.717) is 5.69 Å². The highest BCUT2D eigenvalue weighted by atomic mass is 15.0. The molecule has 0 fully saturated rings. The standard InChI is InChI=1S/C12H10N4/c1-13-10-5-3-9(4-6-10)11-7-12(14-2)16-8-15-11/h3-8H,2H3,(H,14,15,16). The van der Waals surface area contributed by atoms with Crippen molar-refractivity contribution in [3.8, 4) is 11.3 Å². The monoisotopic (exact) mass is 210 g/mol. The molecule has 0 aliphatic carbocycles. The fourth-order valence-electron chi connectivity index (χ4n) is 1.36. The molecule has 0 aliphatic rings. The van der Waals surface area contributed by atoms with Gasteiger partial charge in [-0.1, -0.05) is 24.3 Å². The third-order valence-corrected chi connectivity index (χ3v) is 2.22. The molecule has 0 atom stereocenters. The van der Waals surface area contributed by atoms with Crippen molar-refractivity contribution in [3.05, 3.63) is 48.1 Å². The lowest BCUT2D eigenvalue weighted by Crippen LogP contribution is -1.93. The van der Waals surface area contributed by atoms with Crippen LogP contribution in [0.4, 0.5) is 11.5 Å². The van der Waals surface area contributed by atoms with Crippen molar-refractivity contribution in [2.75, 3.05) is 12.4 Å². The molecule has 4 nitrogen and oxygen atoms in total. The van der Waals surface area contributed by atoms with Gasteiger partial charge in [0, 0.05) is 13.1 Å². The Hall–Kier alpha value is -2.41. The van der Waals surface area contributed by atoms with Gasteiger partial charge in [0.05, 0.1) is 12.3 Å². The summed E-state index contributed by atoms with van der Waals surface area (Å²) in [5, 5.41) is 2.96. The van der Waals surface area contributed by atoms with Gasteiger partial charge in [0.1, 0.15) is 12.1 Å². The number of hydrogen-bond acceptors (Lipinski definition) is 3. The Bertz CT molecular complexity index is 525. The minimum atomic E-state index is 0.631. The summed E-state index contributed by atoms with van der Waals surface area (Å²) in [6.07, 6.45) is 1.52. The fourth-order valence-corrected chi connectivity index (χ4v) is 1.36. The summed E-state index contributed by atoms with van der Waals surface area (Å²) < 4.78 is 0. The van der Waals surface area contributed by atoms with Gasteiger partial charge in [-0.25, -0.2) is 14.8 Å². The van der Waals surface area contributed by atoms with Gasteiger partial charge >= 0.3 is 0 Å². The second kappa shape index (κ2) is 4.41. The largest absolute Gasteiger partial charge is 0.373 e. The maximum absolute atomic E-state index is 6.87.